The molecule has 0 aromatic carbocycles. The number of aliphatic hydroxyl groups excluding tert-OH is 1. The van der Waals surface area contributed by atoms with Crippen LogP contribution in [0, 0.1) is 5.92 Å². The fraction of sp³-hybridized carbons (Fsp3) is 0.952. The van der Waals surface area contributed by atoms with Crippen LogP contribution in [-0.4, -0.2) is 96.7 Å². The summed E-state index contributed by atoms with van der Waals surface area (Å²) in [5, 5.41) is 10.7. The summed E-state index contributed by atoms with van der Waals surface area (Å²) in [5.41, 5.74) is 0. The van der Waals surface area contributed by atoms with Gasteiger partial charge in [0.05, 0.1) is 26.4 Å². The van der Waals surface area contributed by atoms with Gasteiger partial charge in [0, 0.05) is 25.7 Å². The Morgan fingerprint density at radius 3 is 0.660 bits per heavy atom. The van der Waals surface area contributed by atoms with Crippen molar-refractivity contribution >= 4 is 39.5 Å². The molecule has 612 valence electrons. The van der Waals surface area contributed by atoms with Crippen LogP contribution in [0.5, 0.6) is 0 Å². The highest BCUT2D eigenvalue weighted by Crippen LogP contribution is 2.45. The molecule has 5 atom stereocenters. The van der Waals surface area contributed by atoms with Crippen molar-refractivity contribution in [1.29, 1.82) is 0 Å². The monoisotopic (exact) mass is 1510 g/mol. The normalized spacial score (nSPS) is 13.8. The fourth-order valence-corrected chi connectivity index (χ4v) is 14.7. The number of esters is 4. The van der Waals surface area contributed by atoms with E-state index in [4.69, 9.17) is 37.0 Å². The number of aliphatic hydroxyl groups is 1. The Balaban J connectivity index is 5.21. The molecule has 0 aromatic rings. The molecule has 0 saturated heterocycles. The van der Waals surface area contributed by atoms with Crippen LogP contribution in [0.1, 0.15) is 452 Å². The van der Waals surface area contributed by atoms with Gasteiger partial charge < -0.3 is 33.8 Å². The summed E-state index contributed by atoms with van der Waals surface area (Å²) < 4.78 is 68.8. The second kappa shape index (κ2) is 76.8. The Morgan fingerprint density at radius 2 is 0.447 bits per heavy atom. The molecule has 103 heavy (non-hydrogen) atoms. The van der Waals surface area contributed by atoms with Gasteiger partial charge in [-0.3, -0.25) is 37.3 Å². The minimum atomic E-state index is -4.96. The summed E-state index contributed by atoms with van der Waals surface area (Å²) in [6, 6.07) is 0. The molecule has 0 rings (SSSR count). The van der Waals surface area contributed by atoms with Gasteiger partial charge in [-0.2, -0.15) is 0 Å². The lowest BCUT2D eigenvalue weighted by molar-refractivity contribution is -0.161. The van der Waals surface area contributed by atoms with Gasteiger partial charge in [-0.05, 0) is 31.6 Å². The third kappa shape index (κ3) is 78.0. The molecule has 2 unspecified atom stereocenters. The third-order valence-corrected chi connectivity index (χ3v) is 21.7. The zero-order chi connectivity index (χ0) is 75.5. The van der Waals surface area contributed by atoms with Crippen LogP contribution >= 0.6 is 15.6 Å². The average molecular weight is 1510 g/mol. The van der Waals surface area contributed by atoms with Crippen molar-refractivity contribution in [2.75, 3.05) is 39.6 Å². The van der Waals surface area contributed by atoms with Crippen LogP contribution in [0.25, 0.3) is 0 Å². The van der Waals surface area contributed by atoms with Crippen molar-refractivity contribution in [1.82, 2.24) is 0 Å². The van der Waals surface area contributed by atoms with Gasteiger partial charge in [0.15, 0.2) is 12.2 Å². The first-order valence-electron chi connectivity index (χ1n) is 43.6. The number of phosphoric ester groups is 2. The molecule has 19 heteroatoms. The molecular weight excluding hydrogens is 1340 g/mol. The van der Waals surface area contributed by atoms with Crippen molar-refractivity contribution in [2.45, 2.75) is 470 Å². The van der Waals surface area contributed by atoms with Crippen LogP contribution in [0.3, 0.4) is 0 Å². The maximum Gasteiger partial charge on any atom is 0.472 e. The predicted molar refractivity (Wildman–Crippen MR) is 423 cm³/mol. The Bertz CT molecular complexity index is 1960. The van der Waals surface area contributed by atoms with Crippen molar-refractivity contribution < 1.29 is 80.2 Å². The summed E-state index contributed by atoms with van der Waals surface area (Å²) in [7, 11) is -9.92. The first kappa shape index (κ1) is 101. The van der Waals surface area contributed by atoms with E-state index in [1.807, 2.05) is 0 Å². The van der Waals surface area contributed by atoms with Crippen molar-refractivity contribution in [3.05, 3.63) is 0 Å². The maximum absolute atomic E-state index is 13.1. The number of hydrogen-bond acceptors (Lipinski definition) is 15. The number of phosphoric acid groups is 2. The smallest absolute Gasteiger partial charge is 0.462 e. The van der Waals surface area contributed by atoms with Gasteiger partial charge in [0.25, 0.3) is 0 Å². The molecule has 0 heterocycles. The zero-order valence-electron chi connectivity index (χ0n) is 67.5. The second-order valence-electron chi connectivity index (χ2n) is 30.7. The predicted octanol–water partition coefficient (Wildman–Crippen LogP) is 25.6. The average Bonchev–Trinajstić information content (AvgIpc) is 0.919. The molecule has 0 radical (unpaired) electrons. The Labute approximate surface area is 632 Å². The topological polar surface area (TPSA) is 237 Å². The summed E-state index contributed by atoms with van der Waals surface area (Å²) in [4.78, 5) is 73.1. The van der Waals surface area contributed by atoms with E-state index in [9.17, 15) is 43.2 Å². The molecule has 17 nitrogen and oxygen atoms in total. The number of rotatable bonds is 84. The van der Waals surface area contributed by atoms with Gasteiger partial charge in [0.1, 0.15) is 19.3 Å². The lowest BCUT2D eigenvalue weighted by Crippen LogP contribution is -2.30. The lowest BCUT2D eigenvalue weighted by Gasteiger charge is -2.21. The van der Waals surface area contributed by atoms with Crippen LogP contribution in [-0.2, 0) is 65.4 Å². The van der Waals surface area contributed by atoms with Crippen molar-refractivity contribution in [2.24, 2.45) is 5.92 Å². The number of ether oxygens (including phenoxy) is 4. The molecule has 0 saturated carbocycles. The Kier molecular flexibility index (Phi) is 75.4. The quantitative estimate of drug-likeness (QED) is 0.0222. The number of hydrogen-bond donors (Lipinski definition) is 3. The van der Waals surface area contributed by atoms with E-state index >= 15 is 0 Å². The summed E-state index contributed by atoms with van der Waals surface area (Å²) in [6.07, 6.45) is 69.4. The molecule has 0 aromatic heterocycles. The largest absolute Gasteiger partial charge is 0.472 e. The van der Waals surface area contributed by atoms with Gasteiger partial charge in [-0.25, -0.2) is 9.13 Å². The van der Waals surface area contributed by atoms with Gasteiger partial charge in [-0.1, -0.05) is 401 Å². The van der Waals surface area contributed by atoms with E-state index in [1.165, 1.54) is 276 Å². The SMILES string of the molecule is CCCCCCCCCCCCCCCCCCCCCCCC(=O)O[C@H](COC(=O)CCCCCCCCCCCCCCCCCCC(C)C)COP(=O)(O)OC[C@@H](O)COP(=O)(O)OC[C@@H](COC(=O)CCCCCCCCCCCC)OC(=O)CCCCCCCCCCCCCCC. The van der Waals surface area contributed by atoms with Crippen molar-refractivity contribution in [3.8, 4) is 0 Å². The van der Waals surface area contributed by atoms with Gasteiger partial charge in [-0.15, -0.1) is 0 Å². The number of carbonyl (C=O) groups is 4. The van der Waals surface area contributed by atoms with Crippen LogP contribution < -0.4 is 0 Å². The summed E-state index contributed by atoms with van der Waals surface area (Å²) in [5.74, 6) is -1.29. The van der Waals surface area contributed by atoms with Crippen LogP contribution in [0.4, 0.5) is 0 Å². The second-order valence-corrected chi connectivity index (χ2v) is 33.6. The van der Waals surface area contributed by atoms with Crippen molar-refractivity contribution in [3.63, 3.8) is 0 Å². The summed E-state index contributed by atoms with van der Waals surface area (Å²) >= 11 is 0. The lowest BCUT2D eigenvalue weighted by atomic mass is 10.0. The molecule has 3 N–H and O–H groups in total. The van der Waals surface area contributed by atoms with E-state index in [0.717, 1.165) is 95.8 Å². The van der Waals surface area contributed by atoms with Gasteiger partial charge in [0.2, 0.25) is 0 Å². The van der Waals surface area contributed by atoms with E-state index in [2.05, 4.69) is 34.6 Å². The molecule has 0 aliphatic carbocycles. The summed E-state index contributed by atoms with van der Waals surface area (Å²) in [6.45, 7) is 7.37. The highest BCUT2D eigenvalue weighted by molar-refractivity contribution is 7.47. The molecule has 0 bridgehead atoms. The number of carbonyl (C=O) groups excluding carboxylic acids is 4. The third-order valence-electron chi connectivity index (χ3n) is 19.8. The molecule has 0 aliphatic heterocycles. The first-order valence-corrected chi connectivity index (χ1v) is 46.6. The standard InChI is InChI=1S/C84H164O17P2/c1-6-9-12-15-18-21-24-26-27-28-29-30-31-32-37-41-45-50-55-60-65-70-84(89)101-80(74-95-82(87)68-63-58-53-48-43-40-36-34-33-35-39-42-46-51-56-61-66-77(4)5)76-99-103(92,93)97-72-78(85)71-96-102(90,91)98-75-79(73-94-81(86)67-62-57-52-47-23-20-17-14-11-8-3)100-83(88)69-64-59-54-49-44-38-25-22-19-16-13-10-7-2/h77-80,85H,6-76H2,1-5H3,(H,90,91)(H,92,93)/t78-,79+,80+/m0/s1. The minimum Gasteiger partial charge on any atom is -0.462 e. The van der Waals surface area contributed by atoms with E-state index in [1.54, 1.807) is 0 Å². The number of unbranched alkanes of at least 4 members (excludes halogenated alkanes) is 56. The Morgan fingerprint density at radius 1 is 0.262 bits per heavy atom. The fourth-order valence-electron chi connectivity index (χ4n) is 13.1. The molecule has 0 fully saturated rings. The molecule has 0 spiro atoms. The van der Waals surface area contributed by atoms with Crippen LogP contribution in [0.15, 0.2) is 0 Å². The highest BCUT2D eigenvalue weighted by Gasteiger charge is 2.30. The van der Waals surface area contributed by atoms with Gasteiger partial charge >= 0.3 is 39.5 Å². The zero-order valence-corrected chi connectivity index (χ0v) is 69.3. The Hall–Kier alpha value is -1.94. The van der Waals surface area contributed by atoms with E-state index in [-0.39, 0.29) is 25.7 Å². The molecule has 0 aliphatic rings. The highest BCUT2D eigenvalue weighted by atomic mass is 31.2. The minimum absolute atomic E-state index is 0.108. The van der Waals surface area contributed by atoms with E-state index < -0.39 is 97.5 Å². The van der Waals surface area contributed by atoms with E-state index in [0.29, 0.717) is 25.7 Å². The maximum atomic E-state index is 13.1. The first-order chi connectivity index (χ1) is 50.0. The van der Waals surface area contributed by atoms with Crippen LogP contribution in [0.2, 0.25) is 0 Å². The molecule has 0 amide bonds. The molecular formula is C84H164O17P2.